The molecule has 4 aliphatic heterocycles. The van der Waals surface area contributed by atoms with Crippen LogP contribution in [0.1, 0.15) is 38.4 Å². The summed E-state index contributed by atoms with van der Waals surface area (Å²) in [5, 5.41) is 12.9. The monoisotopic (exact) mass is 675 g/mol. The van der Waals surface area contributed by atoms with E-state index in [1.165, 1.54) is 6.20 Å². The molecule has 0 radical (unpaired) electrons. The van der Waals surface area contributed by atoms with E-state index in [1.807, 2.05) is 35.9 Å². The molecular formula is C34H41N7O8. The number of nitrogens with zero attached hydrogens (tertiary/aromatic N) is 5. The fraction of sp³-hybridized carbons (Fsp3) is 0.412. The average molecular weight is 676 g/mol. The van der Waals surface area contributed by atoms with Crippen LogP contribution in [-0.2, 0) is 16.1 Å². The molecule has 3 amide bonds. The summed E-state index contributed by atoms with van der Waals surface area (Å²) in [4.78, 5) is 62.9. The van der Waals surface area contributed by atoms with E-state index in [4.69, 9.17) is 29.1 Å². The van der Waals surface area contributed by atoms with Crippen molar-refractivity contribution in [3.05, 3.63) is 71.2 Å². The van der Waals surface area contributed by atoms with Crippen LogP contribution in [0.5, 0.6) is 17.2 Å². The molecule has 0 spiro atoms. The summed E-state index contributed by atoms with van der Waals surface area (Å²) in [5.41, 5.74) is 2.28. The number of hydrogen-bond acceptors (Lipinski definition) is 11. The molecule has 49 heavy (non-hydrogen) atoms. The number of hydrogen-bond donors (Lipinski definition) is 3. The average Bonchev–Trinajstić information content (AvgIpc) is 3.11. The molecule has 7 rings (SSSR count). The first-order chi connectivity index (χ1) is 23.7. The first-order valence-electron chi connectivity index (χ1n) is 16.0. The minimum atomic E-state index is -0.449. The third-order valence-electron chi connectivity index (χ3n) is 8.65. The van der Waals surface area contributed by atoms with Crippen LogP contribution >= 0.6 is 0 Å². The van der Waals surface area contributed by atoms with Crippen molar-refractivity contribution < 1.29 is 38.5 Å². The molecule has 3 N–H and O–H groups in total. The Morgan fingerprint density at radius 3 is 2.61 bits per heavy atom. The molecule has 2 aromatic carbocycles. The number of aryl methyl sites for hydroxylation is 1. The molecule has 0 unspecified atom stereocenters. The smallest absolute Gasteiger partial charge is 0.290 e. The van der Waals surface area contributed by atoms with Crippen LogP contribution in [0.25, 0.3) is 0 Å². The molecule has 0 saturated carbocycles. The molecule has 4 bridgehead atoms. The van der Waals surface area contributed by atoms with Crippen LogP contribution in [0.4, 0.5) is 5.82 Å². The summed E-state index contributed by atoms with van der Waals surface area (Å²) >= 11 is 0. The Morgan fingerprint density at radius 1 is 1.08 bits per heavy atom. The number of aromatic nitrogens is 2. The zero-order chi connectivity index (χ0) is 34.9. The summed E-state index contributed by atoms with van der Waals surface area (Å²) in [7, 11) is 3.61. The molecule has 15 nitrogen and oxygen atoms in total. The van der Waals surface area contributed by atoms with E-state index < -0.39 is 6.04 Å². The van der Waals surface area contributed by atoms with Gasteiger partial charge in [0.15, 0.2) is 6.61 Å². The molecule has 2 saturated heterocycles. The van der Waals surface area contributed by atoms with Crippen molar-refractivity contribution in [1.82, 2.24) is 30.4 Å². The lowest BCUT2D eigenvalue weighted by molar-refractivity contribution is -0.123. The normalized spacial score (nSPS) is 19.8. The summed E-state index contributed by atoms with van der Waals surface area (Å²) in [5.74, 6) is 1.41. The summed E-state index contributed by atoms with van der Waals surface area (Å²) in [6.07, 6.45) is 3.33. The van der Waals surface area contributed by atoms with E-state index in [1.54, 1.807) is 37.6 Å². The number of rotatable bonds is 3. The maximum Gasteiger partial charge on any atom is 0.290 e. The van der Waals surface area contributed by atoms with Crippen molar-refractivity contribution in [2.75, 3.05) is 64.9 Å². The lowest BCUT2D eigenvalue weighted by Gasteiger charge is -2.39. The molecule has 0 aliphatic carbocycles. The fourth-order valence-corrected chi connectivity index (χ4v) is 5.86. The van der Waals surface area contributed by atoms with Gasteiger partial charge in [0, 0.05) is 69.4 Å². The van der Waals surface area contributed by atoms with Crippen LogP contribution in [0.15, 0.2) is 48.8 Å². The number of methoxy groups -OCH3 is 1. The Labute approximate surface area is 284 Å². The highest BCUT2D eigenvalue weighted by atomic mass is 16.5. The number of amides is 3. The number of nitrogens with one attached hydrogen (secondary N) is 2. The van der Waals surface area contributed by atoms with Gasteiger partial charge < -0.3 is 44.7 Å². The van der Waals surface area contributed by atoms with E-state index in [-0.39, 0.29) is 43.4 Å². The van der Waals surface area contributed by atoms with E-state index in [9.17, 15) is 14.4 Å². The van der Waals surface area contributed by atoms with Gasteiger partial charge in [-0.05, 0) is 43.8 Å². The van der Waals surface area contributed by atoms with Crippen molar-refractivity contribution in [2.24, 2.45) is 0 Å². The van der Waals surface area contributed by atoms with E-state index in [2.05, 4.69) is 20.5 Å². The maximum atomic E-state index is 13.6. The zero-order valence-corrected chi connectivity index (χ0v) is 27.8. The Balaban J connectivity index is 0.00000151. The summed E-state index contributed by atoms with van der Waals surface area (Å²) in [6, 6.07) is 10.2. The van der Waals surface area contributed by atoms with Crippen LogP contribution in [0, 0.1) is 6.92 Å². The molecule has 1 aromatic heterocycles. The minimum Gasteiger partial charge on any atom is -0.496 e. The Kier molecular flexibility index (Phi) is 11.5. The van der Waals surface area contributed by atoms with Crippen LogP contribution in [0.2, 0.25) is 0 Å². The third kappa shape index (κ3) is 8.73. The highest BCUT2D eigenvalue weighted by molar-refractivity contribution is 5.95. The first kappa shape index (κ1) is 34.9. The highest BCUT2D eigenvalue weighted by Crippen LogP contribution is 2.29. The van der Waals surface area contributed by atoms with E-state index in [0.29, 0.717) is 66.9 Å². The number of likely N-dealkylation sites (N-methyl/N-ethyl adjacent to an activating group) is 1. The summed E-state index contributed by atoms with van der Waals surface area (Å²) in [6.45, 7) is 5.51. The van der Waals surface area contributed by atoms with Crippen LogP contribution in [-0.4, -0.2) is 121 Å². The summed E-state index contributed by atoms with van der Waals surface area (Å²) < 4.78 is 17.9. The Bertz CT molecular complexity index is 1660. The molecular weight excluding hydrogens is 634 g/mol. The number of piperazine rings is 1. The van der Waals surface area contributed by atoms with Gasteiger partial charge in [0.05, 0.1) is 25.5 Å². The van der Waals surface area contributed by atoms with Gasteiger partial charge in [0.2, 0.25) is 0 Å². The van der Waals surface area contributed by atoms with Gasteiger partial charge in [0.25, 0.3) is 24.2 Å². The van der Waals surface area contributed by atoms with Crippen molar-refractivity contribution in [2.45, 2.75) is 32.0 Å². The number of anilines is 1. The number of piperidine rings is 1. The molecule has 260 valence electrons. The Morgan fingerprint density at radius 2 is 1.86 bits per heavy atom. The van der Waals surface area contributed by atoms with Crippen molar-refractivity contribution in [1.29, 1.82) is 0 Å². The molecule has 4 aliphatic rings. The van der Waals surface area contributed by atoms with Gasteiger partial charge in [-0.15, -0.1) is 0 Å². The van der Waals surface area contributed by atoms with Crippen molar-refractivity contribution in [3.8, 4) is 17.2 Å². The lowest BCUT2D eigenvalue weighted by Crippen LogP contribution is -2.57. The molecule has 2 fully saturated rings. The molecule has 2 atom stereocenters. The van der Waals surface area contributed by atoms with E-state index >= 15 is 0 Å². The predicted octanol–water partition coefficient (Wildman–Crippen LogP) is 1.35. The van der Waals surface area contributed by atoms with Crippen LogP contribution in [0.3, 0.4) is 0 Å². The number of carboxylic acid groups (broad SMARTS) is 1. The second-order valence-electron chi connectivity index (χ2n) is 12.0. The molecule has 15 heteroatoms. The van der Waals surface area contributed by atoms with Crippen molar-refractivity contribution >= 4 is 30.0 Å². The lowest BCUT2D eigenvalue weighted by atomic mass is 10.0. The largest absolute Gasteiger partial charge is 0.496 e. The second-order valence-corrected chi connectivity index (χ2v) is 12.0. The van der Waals surface area contributed by atoms with Gasteiger partial charge in [-0.25, -0.2) is 4.98 Å². The van der Waals surface area contributed by atoms with Gasteiger partial charge in [-0.2, -0.15) is 0 Å². The number of carbonyl (C=O) groups is 4. The van der Waals surface area contributed by atoms with E-state index in [0.717, 1.165) is 24.2 Å². The highest BCUT2D eigenvalue weighted by Gasteiger charge is 2.34. The third-order valence-corrected chi connectivity index (χ3v) is 8.65. The topological polar surface area (TPSA) is 176 Å². The quantitative estimate of drug-likeness (QED) is 0.341. The SMILES string of the molecule is COc1cc2ccc1CNC(=O)COc1cc(ccc1C)C(=O)N[C@H]1CN(c3cncc(C(=O)N4CCN(C)CC4)n3)CC[C@H]1O2.O=CO. The van der Waals surface area contributed by atoms with Crippen molar-refractivity contribution in [3.63, 3.8) is 0 Å². The first-order valence-corrected chi connectivity index (χ1v) is 16.0. The number of ether oxygens (including phenoxy) is 3. The second kappa shape index (κ2) is 16.1. The molecule has 3 aromatic rings. The van der Waals surface area contributed by atoms with Gasteiger partial charge in [-0.1, -0.05) is 6.07 Å². The van der Waals surface area contributed by atoms with Gasteiger partial charge >= 0.3 is 0 Å². The molecule has 5 heterocycles. The number of fused-ring (bicyclic) bond motifs is 7. The fourth-order valence-electron chi connectivity index (χ4n) is 5.86. The van der Waals surface area contributed by atoms with Crippen LogP contribution < -0.4 is 29.7 Å². The predicted molar refractivity (Wildman–Crippen MR) is 178 cm³/mol. The zero-order valence-electron chi connectivity index (χ0n) is 27.8. The minimum absolute atomic E-state index is 0.138. The Hall–Kier alpha value is -5.44. The van der Waals surface area contributed by atoms with Gasteiger partial charge in [0.1, 0.15) is 34.9 Å². The number of benzene rings is 2. The standard InChI is InChI=1S/C33H39N7O6.CH2O2/c1-21-4-5-22-14-28(21)45-20-31(41)35-16-23-6-7-24(15-29(23)44-3)46-27-8-9-40(19-26(27)37-32(22)42)30-18-34-17-25(36-30)33(43)39-12-10-38(2)11-13-39;2-1-3/h4-7,14-15,17-18,26-27H,8-13,16,19-20H2,1-3H3,(H,35,41)(H,37,42);1H,(H,2,3)/t26-,27+;/m0./s1. The maximum absolute atomic E-state index is 13.6. The van der Waals surface area contributed by atoms with Gasteiger partial charge in [-0.3, -0.25) is 24.2 Å². The number of carbonyl (C=O) groups excluding carboxylic acids is 3.